The summed E-state index contributed by atoms with van der Waals surface area (Å²) in [6.07, 6.45) is 1.43. The van der Waals surface area contributed by atoms with Crippen molar-refractivity contribution < 1.29 is 9.22 Å². The van der Waals surface area contributed by atoms with Crippen molar-refractivity contribution in [3.8, 4) is 0 Å². The Balaban J connectivity index is 4.80. The van der Waals surface area contributed by atoms with Crippen molar-refractivity contribution in [2.24, 2.45) is 0 Å². The Morgan fingerprint density at radius 1 is 1.16 bits per heavy atom. The molecule has 0 amide bonds. The molecule has 112 valence electrons. The molecule has 0 aromatic rings. The summed E-state index contributed by atoms with van der Waals surface area (Å²) < 4.78 is 6.18. The first kappa shape index (κ1) is 18.8. The molecule has 0 unspecified atom stereocenters. The van der Waals surface area contributed by atoms with Gasteiger partial charge in [0.05, 0.1) is 8.07 Å². The fraction of sp³-hybridized carbons (Fsp3) is 0.800. The van der Waals surface area contributed by atoms with Gasteiger partial charge in [0.25, 0.3) is 0 Å². The van der Waals surface area contributed by atoms with Gasteiger partial charge >= 0.3 is 0 Å². The van der Waals surface area contributed by atoms with Gasteiger partial charge in [-0.2, -0.15) is 0 Å². The molecular formula is C15H32O2Si2. The molecule has 0 saturated carbocycles. The smallest absolute Gasteiger partial charge is 0.193 e. The first-order valence-corrected chi connectivity index (χ1v) is 13.6. The standard InChI is InChI=1S/C15H32O2Si2/c1-13(12-18(5,6)7)10-14(11-16)17-19(8,9)15(2,3)4/h11-12,14H,10H2,1-9H3/b13-12+/t14-/m1/s1. The van der Waals surface area contributed by atoms with E-state index < -0.39 is 16.4 Å². The van der Waals surface area contributed by atoms with Crippen LogP contribution in [0.3, 0.4) is 0 Å². The Hall–Kier alpha value is -0.196. The zero-order valence-corrected chi connectivity index (χ0v) is 16.3. The first-order chi connectivity index (χ1) is 8.28. The maximum Gasteiger partial charge on any atom is 0.193 e. The number of carbonyl (C=O) groups is 1. The molecule has 0 bridgehead atoms. The third kappa shape index (κ3) is 7.23. The molecule has 4 heteroatoms. The molecular weight excluding hydrogens is 268 g/mol. The Bertz CT molecular complexity index is 333. The highest BCUT2D eigenvalue weighted by Gasteiger charge is 2.39. The Kier molecular flexibility index (Phi) is 6.44. The number of carbonyl (C=O) groups excluding carboxylic acids is 1. The largest absolute Gasteiger partial charge is 0.407 e. The summed E-state index contributed by atoms with van der Waals surface area (Å²) in [4.78, 5) is 11.3. The summed E-state index contributed by atoms with van der Waals surface area (Å²) in [6, 6.07) is 0. The summed E-state index contributed by atoms with van der Waals surface area (Å²) >= 11 is 0. The van der Waals surface area contributed by atoms with Gasteiger partial charge in [-0.1, -0.05) is 51.7 Å². The van der Waals surface area contributed by atoms with E-state index in [-0.39, 0.29) is 11.1 Å². The minimum atomic E-state index is -1.86. The quantitative estimate of drug-likeness (QED) is 0.521. The SMILES string of the molecule is C/C(=C\[Si](C)(C)C)C[C@H](C=O)O[Si](C)(C)C(C)(C)C. The normalized spacial score (nSPS) is 16.4. The van der Waals surface area contributed by atoms with Gasteiger partial charge in [0, 0.05) is 0 Å². The molecule has 0 aliphatic heterocycles. The van der Waals surface area contributed by atoms with Crippen LogP contribution in [0.25, 0.3) is 0 Å². The van der Waals surface area contributed by atoms with Crippen molar-refractivity contribution in [1.29, 1.82) is 0 Å². The number of hydrogen-bond acceptors (Lipinski definition) is 2. The van der Waals surface area contributed by atoms with E-state index in [0.29, 0.717) is 0 Å². The molecule has 0 spiro atoms. The third-order valence-electron chi connectivity index (χ3n) is 3.61. The van der Waals surface area contributed by atoms with E-state index in [9.17, 15) is 4.79 Å². The highest BCUT2D eigenvalue weighted by molar-refractivity contribution is 6.81. The van der Waals surface area contributed by atoms with Crippen LogP contribution >= 0.6 is 0 Å². The lowest BCUT2D eigenvalue weighted by molar-refractivity contribution is -0.114. The van der Waals surface area contributed by atoms with Crippen LogP contribution in [0.1, 0.15) is 34.1 Å². The summed E-state index contributed by atoms with van der Waals surface area (Å²) in [6.45, 7) is 20.0. The van der Waals surface area contributed by atoms with Gasteiger partial charge in [0.1, 0.15) is 12.4 Å². The van der Waals surface area contributed by atoms with Gasteiger partial charge in [0.2, 0.25) is 0 Å². The lowest BCUT2D eigenvalue weighted by Crippen LogP contribution is -2.44. The maximum absolute atomic E-state index is 11.3. The van der Waals surface area contributed by atoms with Crippen LogP contribution in [0.15, 0.2) is 11.3 Å². The maximum atomic E-state index is 11.3. The second kappa shape index (κ2) is 6.50. The van der Waals surface area contributed by atoms with E-state index in [1.54, 1.807) is 0 Å². The lowest BCUT2D eigenvalue weighted by Gasteiger charge is -2.38. The van der Waals surface area contributed by atoms with E-state index in [1.807, 2.05) is 0 Å². The summed E-state index contributed by atoms with van der Waals surface area (Å²) in [7, 11) is -3.08. The summed E-state index contributed by atoms with van der Waals surface area (Å²) in [5, 5.41) is 0.144. The number of rotatable bonds is 6. The van der Waals surface area contributed by atoms with Crippen LogP contribution in [0, 0.1) is 0 Å². The van der Waals surface area contributed by atoms with E-state index in [2.05, 4.69) is 66.1 Å². The molecule has 0 saturated heterocycles. The fourth-order valence-corrected chi connectivity index (χ4v) is 4.63. The third-order valence-corrected chi connectivity index (χ3v) is 9.47. The molecule has 2 nitrogen and oxygen atoms in total. The molecule has 0 heterocycles. The van der Waals surface area contributed by atoms with Gasteiger partial charge < -0.3 is 9.22 Å². The predicted octanol–water partition coefficient (Wildman–Crippen LogP) is 4.79. The minimum absolute atomic E-state index is 0.144. The second-order valence-electron chi connectivity index (χ2n) is 8.11. The molecule has 1 atom stereocenters. The number of hydrogen-bond donors (Lipinski definition) is 0. The molecule has 0 N–H and O–H groups in total. The van der Waals surface area contributed by atoms with Gasteiger partial charge in [0.15, 0.2) is 8.32 Å². The average molecular weight is 301 g/mol. The van der Waals surface area contributed by atoms with Crippen molar-refractivity contribution in [2.75, 3.05) is 0 Å². The van der Waals surface area contributed by atoms with Crippen molar-refractivity contribution in [1.82, 2.24) is 0 Å². The van der Waals surface area contributed by atoms with Gasteiger partial charge in [-0.25, -0.2) is 0 Å². The number of aldehydes is 1. The van der Waals surface area contributed by atoms with E-state index in [0.717, 1.165) is 12.7 Å². The van der Waals surface area contributed by atoms with Crippen LogP contribution in [-0.2, 0) is 9.22 Å². The Labute approximate surface area is 121 Å². The zero-order chi connectivity index (χ0) is 15.5. The van der Waals surface area contributed by atoms with Crippen molar-refractivity contribution in [3.05, 3.63) is 11.3 Å². The highest BCUT2D eigenvalue weighted by Crippen LogP contribution is 2.37. The molecule has 0 aliphatic carbocycles. The summed E-state index contributed by atoms with van der Waals surface area (Å²) in [5.41, 5.74) is 3.65. The highest BCUT2D eigenvalue weighted by atomic mass is 28.4. The topological polar surface area (TPSA) is 26.3 Å². The monoisotopic (exact) mass is 300 g/mol. The molecule has 0 radical (unpaired) electrons. The summed E-state index contributed by atoms with van der Waals surface area (Å²) in [5.74, 6) is 0. The van der Waals surface area contributed by atoms with Crippen LogP contribution in [0.4, 0.5) is 0 Å². The van der Waals surface area contributed by atoms with Crippen molar-refractivity contribution >= 4 is 22.7 Å². The van der Waals surface area contributed by atoms with Crippen molar-refractivity contribution in [3.63, 3.8) is 0 Å². The molecule has 0 fully saturated rings. The minimum Gasteiger partial charge on any atom is -0.407 e. The van der Waals surface area contributed by atoms with Gasteiger partial charge in [-0.15, -0.1) is 0 Å². The lowest BCUT2D eigenvalue weighted by atomic mass is 10.2. The van der Waals surface area contributed by atoms with E-state index >= 15 is 0 Å². The van der Waals surface area contributed by atoms with Crippen LogP contribution in [-0.4, -0.2) is 28.8 Å². The van der Waals surface area contributed by atoms with Crippen LogP contribution in [0.2, 0.25) is 37.8 Å². The predicted molar refractivity (Wildman–Crippen MR) is 89.9 cm³/mol. The Morgan fingerprint density at radius 3 is 1.95 bits per heavy atom. The molecule has 0 aromatic heterocycles. The van der Waals surface area contributed by atoms with E-state index in [1.165, 1.54) is 5.57 Å². The molecule has 0 rings (SSSR count). The second-order valence-corrected chi connectivity index (χ2v) is 17.9. The molecule has 0 aliphatic rings. The average Bonchev–Trinajstić information content (AvgIpc) is 2.11. The zero-order valence-electron chi connectivity index (χ0n) is 14.3. The Morgan fingerprint density at radius 2 is 1.63 bits per heavy atom. The van der Waals surface area contributed by atoms with Gasteiger partial charge in [-0.3, -0.25) is 0 Å². The fourth-order valence-electron chi connectivity index (χ4n) is 1.79. The first-order valence-electron chi connectivity index (χ1n) is 7.10. The van der Waals surface area contributed by atoms with Crippen LogP contribution < -0.4 is 0 Å². The van der Waals surface area contributed by atoms with Crippen molar-refractivity contribution in [2.45, 2.75) is 78.0 Å². The molecule has 19 heavy (non-hydrogen) atoms. The van der Waals surface area contributed by atoms with Crippen LogP contribution in [0.5, 0.6) is 0 Å². The molecule has 0 aromatic carbocycles. The van der Waals surface area contributed by atoms with E-state index in [4.69, 9.17) is 4.43 Å². The van der Waals surface area contributed by atoms with Gasteiger partial charge in [-0.05, 0) is 31.5 Å².